The number of hydrogen-bond donors (Lipinski definition) is 5. The molecule has 0 fully saturated rings. The van der Waals surface area contributed by atoms with E-state index in [0.29, 0.717) is 48.8 Å². The first-order valence-corrected chi connectivity index (χ1v) is 17.4. The fourth-order valence-electron chi connectivity index (χ4n) is 7.37. The molecule has 8 rings (SSSR count). The maximum absolute atomic E-state index is 13.5. The summed E-state index contributed by atoms with van der Waals surface area (Å²) in [5, 5.41) is 28.5. The molecule has 3 aromatic heterocycles. The van der Waals surface area contributed by atoms with E-state index in [2.05, 4.69) is 31.2 Å². The van der Waals surface area contributed by atoms with E-state index in [1.807, 2.05) is 51.1 Å². The van der Waals surface area contributed by atoms with Crippen LogP contribution in [0, 0.1) is 5.92 Å². The molecule has 0 spiro atoms. The first-order valence-electron chi connectivity index (χ1n) is 15.8. The van der Waals surface area contributed by atoms with Crippen molar-refractivity contribution < 1.29 is 23.8 Å². The Morgan fingerprint density at radius 2 is 1.82 bits per heavy atom. The summed E-state index contributed by atoms with van der Waals surface area (Å²) in [5.74, 6) is -0.0939. The molecule has 2 aliphatic heterocycles. The van der Waals surface area contributed by atoms with Crippen LogP contribution in [0.2, 0.25) is 10.3 Å². The Kier molecular flexibility index (Phi) is 7.42. The number of halogens is 3. The molecular formula is C36H30BrCl2N5O5. The summed E-state index contributed by atoms with van der Waals surface area (Å²) >= 11 is 17.2. The maximum atomic E-state index is 13.5. The number of hydrogen-bond acceptors (Lipinski definition) is 8. The number of para-hydroxylation sites is 1. The van der Waals surface area contributed by atoms with Crippen molar-refractivity contribution in [3.63, 3.8) is 0 Å². The number of aromatic amines is 1. The van der Waals surface area contributed by atoms with E-state index in [1.165, 1.54) is 0 Å². The van der Waals surface area contributed by atoms with Gasteiger partial charge in [0.15, 0.2) is 22.4 Å². The molecule has 0 saturated carbocycles. The van der Waals surface area contributed by atoms with Gasteiger partial charge in [-0.2, -0.15) is 4.98 Å². The zero-order chi connectivity index (χ0) is 34.5. The zero-order valence-electron chi connectivity index (χ0n) is 26.5. The van der Waals surface area contributed by atoms with Crippen molar-refractivity contribution in [1.29, 1.82) is 0 Å². The van der Waals surface area contributed by atoms with Crippen molar-refractivity contribution in [2.24, 2.45) is 11.7 Å². The first-order chi connectivity index (χ1) is 23.4. The molecule has 0 saturated heterocycles. The van der Waals surface area contributed by atoms with Crippen molar-refractivity contribution in [2.75, 3.05) is 0 Å². The van der Waals surface area contributed by atoms with E-state index >= 15 is 0 Å². The molecule has 1 amide bonds. The lowest BCUT2D eigenvalue weighted by Gasteiger charge is -2.35. The van der Waals surface area contributed by atoms with E-state index in [9.17, 15) is 15.0 Å². The molecule has 5 heterocycles. The highest BCUT2D eigenvalue weighted by Gasteiger charge is 2.48. The van der Waals surface area contributed by atoms with Gasteiger partial charge in [-0.15, -0.1) is 0 Å². The van der Waals surface area contributed by atoms with Gasteiger partial charge in [0, 0.05) is 27.6 Å². The predicted octanol–water partition coefficient (Wildman–Crippen LogP) is 8.38. The first kappa shape index (κ1) is 31.9. The minimum Gasteiger partial charge on any atom is -0.507 e. The number of H-pyrrole nitrogens is 1. The van der Waals surface area contributed by atoms with Crippen LogP contribution in [-0.4, -0.2) is 37.1 Å². The van der Waals surface area contributed by atoms with Crippen LogP contribution in [0.15, 0.2) is 61.8 Å². The minimum atomic E-state index is -1.40. The molecule has 49 heavy (non-hydrogen) atoms. The largest absolute Gasteiger partial charge is 0.507 e. The Labute approximate surface area is 298 Å². The molecular weight excluding hydrogens is 733 g/mol. The molecule has 0 aliphatic carbocycles. The van der Waals surface area contributed by atoms with Crippen molar-refractivity contribution >= 4 is 55.9 Å². The van der Waals surface area contributed by atoms with Gasteiger partial charge in [-0.1, -0.05) is 80.4 Å². The van der Waals surface area contributed by atoms with E-state index in [-0.39, 0.29) is 69.6 Å². The number of carbonyl (C=O) groups is 1. The van der Waals surface area contributed by atoms with Crippen LogP contribution in [0.5, 0.6) is 11.5 Å². The third-order valence-electron chi connectivity index (χ3n) is 9.75. The molecule has 6 aromatic rings. The summed E-state index contributed by atoms with van der Waals surface area (Å²) in [6, 6.07) is 13.0. The summed E-state index contributed by atoms with van der Waals surface area (Å²) in [5.41, 5.74) is 9.08. The van der Waals surface area contributed by atoms with Crippen LogP contribution >= 0.6 is 39.1 Å². The van der Waals surface area contributed by atoms with Gasteiger partial charge in [-0.25, -0.2) is 4.98 Å². The van der Waals surface area contributed by atoms with E-state index in [0.717, 1.165) is 0 Å². The average molecular weight is 763 g/mol. The molecule has 250 valence electrons. The molecule has 10 nitrogen and oxygen atoms in total. The Morgan fingerprint density at radius 1 is 1.06 bits per heavy atom. The topological polar surface area (TPSA) is 163 Å². The lowest BCUT2D eigenvalue weighted by molar-refractivity contribution is -0.123. The molecule has 3 atom stereocenters. The number of phenols is 2. The average Bonchev–Trinajstić information content (AvgIpc) is 3.76. The molecule has 13 heteroatoms. The van der Waals surface area contributed by atoms with E-state index in [4.69, 9.17) is 42.8 Å². The van der Waals surface area contributed by atoms with Crippen LogP contribution in [0.1, 0.15) is 61.6 Å². The number of aromatic hydroxyl groups is 2. The zero-order valence-corrected chi connectivity index (χ0v) is 29.6. The van der Waals surface area contributed by atoms with Gasteiger partial charge < -0.3 is 35.1 Å². The van der Waals surface area contributed by atoms with Crippen molar-refractivity contribution in [3.05, 3.63) is 91.7 Å². The van der Waals surface area contributed by atoms with Gasteiger partial charge in [0.1, 0.15) is 22.7 Å². The maximum Gasteiger partial charge on any atom is 0.250 e. The number of aromatic nitrogens is 3. The van der Waals surface area contributed by atoms with Crippen LogP contribution in [0.3, 0.4) is 0 Å². The second-order valence-corrected chi connectivity index (χ2v) is 14.5. The molecule has 3 aromatic carbocycles. The quantitative estimate of drug-likeness (QED) is 0.117. The highest BCUT2D eigenvalue weighted by Crippen LogP contribution is 2.56. The third-order valence-corrected chi connectivity index (χ3v) is 10.9. The number of fused-ring (bicyclic) bond motifs is 12. The van der Waals surface area contributed by atoms with Crippen LogP contribution in [-0.2, 0) is 16.6 Å². The summed E-state index contributed by atoms with van der Waals surface area (Å²) in [6.07, 6.45) is 0.442. The Hall–Kier alpha value is -4.29. The van der Waals surface area contributed by atoms with Gasteiger partial charge in [0.25, 0.3) is 5.89 Å². The predicted molar refractivity (Wildman–Crippen MR) is 190 cm³/mol. The van der Waals surface area contributed by atoms with Gasteiger partial charge in [0.2, 0.25) is 11.8 Å². The van der Waals surface area contributed by atoms with Gasteiger partial charge in [-0.05, 0) is 57.9 Å². The van der Waals surface area contributed by atoms with Crippen molar-refractivity contribution in [2.45, 2.75) is 51.1 Å². The summed E-state index contributed by atoms with van der Waals surface area (Å²) in [4.78, 5) is 26.3. The Bertz CT molecular complexity index is 2350. The van der Waals surface area contributed by atoms with Crippen molar-refractivity contribution in [3.8, 4) is 45.5 Å². The SMILES string of the molecule is CC[C@@]12c3cc(cc(Br)c3O)C[C@H](N)C(=O)N[C@@H](C(C)C)c3nc(c1o3)-c1nc(Cl)c(o1)-c1c(Cl)[nH]c3cccc(c13)-c1cccc2c1O. The molecule has 0 radical (unpaired) electrons. The highest BCUT2D eigenvalue weighted by atomic mass is 79.9. The molecule has 0 unspecified atom stereocenters. The number of nitrogens with two attached hydrogens (primary N) is 1. The third kappa shape index (κ3) is 4.59. The van der Waals surface area contributed by atoms with E-state index in [1.54, 1.807) is 18.2 Å². The molecule has 8 bridgehead atoms. The van der Waals surface area contributed by atoms with Gasteiger partial charge >= 0.3 is 0 Å². The number of nitrogens with zero attached hydrogens (tertiary/aromatic N) is 2. The normalized spacial score (nSPS) is 20.0. The second kappa shape index (κ2) is 11.4. The fourth-order valence-corrected chi connectivity index (χ4v) is 8.37. The number of nitrogens with one attached hydrogen (secondary N) is 2. The monoisotopic (exact) mass is 761 g/mol. The number of phenolic OH excluding ortho intramolecular Hbond substituents is 2. The summed E-state index contributed by atoms with van der Waals surface area (Å²) < 4.78 is 13.7. The van der Waals surface area contributed by atoms with Crippen LogP contribution < -0.4 is 11.1 Å². The number of amides is 1. The number of benzene rings is 3. The Morgan fingerprint density at radius 3 is 2.57 bits per heavy atom. The molecule has 2 aliphatic rings. The minimum absolute atomic E-state index is 0.0251. The van der Waals surface area contributed by atoms with Crippen LogP contribution in [0.4, 0.5) is 0 Å². The fraction of sp³-hybridized carbons (Fsp3) is 0.250. The van der Waals surface area contributed by atoms with E-state index < -0.39 is 23.4 Å². The number of oxazole rings is 2. The molecule has 6 N–H and O–H groups in total. The summed E-state index contributed by atoms with van der Waals surface area (Å²) in [7, 11) is 0. The second-order valence-electron chi connectivity index (χ2n) is 12.9. The Balaban J connectivity index is 1.61. The number of rotatable bonds is 2. The lowest BCUT2D eigenvalue weighted by Crippen LogP contribution is -2.45. The van der Waals surface area contributed by atoms with Gasteiger partial charge in [-0.3, -0.25) is 4.79 Å². The van der Waals surface area contributed by atoms with Crippen molar-refractivity contribution in [1.82, 2.24) is 20.3 Å². The van der Waals surface area contributed by atoms with Crippen LogP contribution in [0.25, 0.3) is 44.9 Å². The summed E-state index contributed by atoms with van der Waals surface area (Å²) in [6.45, 7) is 5.79. The highest BCUT2D eigenvalue weighted by molar-refractivity contribution is 9.10. The van der Waals surface area contributed by atoms with Gasteiger partial charge in [0.05, 0.1) is 21.5 Å². The number of carbonyl (C=O) groups excluding carboxylic acids is 1. The smallest absolute Gasteiger partial charge is 0.250 e. The standard InChI is InChI=1S/C36H30BrCl2N5O5/c1-4-36-18-9-5-8-17(27(18)45)16-7-6-10-22-23(16)24(31(38)41-22)29-32(39)44-35(48-29)26-30(36)49-34(43-26)25(14(2)3)42-33(47)21(40)13-15-11-19(36)28(46)20(37)12-15/h5-12,14,21,25,41,45-46H,4,13,40H2,1-3H3,(H,42,47)/t21-,25-,36+/m0/s1. The lowest BCUT2D eigenvalue weighted by atomic mass is 9.68.